The molecule has 0 aliphatic carbocycles. The first-order chi connectivity index (χ1) is 20.1. The second kappa shape index (κ2) is 7.27. The van der Waals surface area contributed by atoms with E-state index >= 15 is 0 Å². The Balaban J connectivity index is 1.60. The van der Waals surface area contributed by atoms with Crippen LogP contribution in [0.1, 0.15) is 0 Å². The van der Waals surface area contributed by atoms with Crippen molar-refractivity contribution in [3.63, 3.8) is 0 Å². The molecule has 1 unspecified atom stereocenters. The number of hydrogen-bond donors (Lipinski definition) is 7. The molecule has 1 atom stereocenters. The van der Waals surface area contributed by atoms with Crippen LogP contribution in [0.5, 0.6) is 0 Å². The molecule has 0 saturated carbocycles. The summed E-state index contributed by atoms with van der Waals surface area (Å²) in [6.07, 6.45) is 0. The van der Waals surface area contributed by atoms with Crippen LogP contribution in [0.25, 0.3) is 86.2 Å². The zero-order valence-electron chi connectivity index (χ0n) is 22.4. The van der Waals surface area contributed by atoms with Gasteiger partial charge in [-0.15, -0.1) is 9.24 Å². The van der Waals surface area contributed by atoms with Gasteiger partial charge in [-0.2, -0.15) is 0 Å². The lowest BCUT2D eigenvalue weighted by atomic mass is 9.90. The Kier molecular flexibility index (Phi) is 4.04. The minimum atomic E-state index is 0.531. The molecule has 0 aliphatic heterocycles. The number of nitrogen functional groups attached to an aromatic ring is 7. The number of fused-ring (bicyclic) bond motifs is 11. The lowest BCUT2D eigenvalue weighted by Crippen LogP contribution is -2.03. The Labute approximate surface area is 241 Å². The molecule has 0 fully saturated rings. The first kappa shape index (κ1) is 23.3. The van der Waals surface area contributed by atoms with E-state index in [1.807, 2.05) is 36.4 Å². The molecule has 9 aromatic rings. The molecule has 0 spiro atoms. The van der Waals surface area contributed by atoms with Gasteiger partial charge < -0.3 is 40.1 Å². The smallest absolute Gasteiger partial charge is 0.0634 e. The van der Waals surface area contributed by atoms with Crippen LogP contribution in [-0.4, -0.2) is 0 Å². The lowest BCUT2D eigenvalue weighted by Gasteiger charge is -2.15. The standard InChI is InChI=1S/C34H26N7P/c35-23-5-15-17(7-25(23)37)21-9-27(39)33(41)31-11-1-2-12-14(13(11)3-19(15)29(21)31)4-20-16-6-24(36)26(38)8-18(16)22-10-28(40)34(42)32(12)30(20)22/h1-10H,35-42H2. The van der Waals surface area contributed by atoms with Crippen LogP contribution in [0.2, 0.25) is 0 Å². The minimum absolute atomic E-state index is 0.531. The monoisotopic (exact) mass is 563 g/mol. The maximum Gasteiger partial charge on any atom is 0.0634 e. The first-order valence-corrected chi connectivity index (χ1v) is 14.2. The van der Waals surface area contributed by atoms with E-state index < -0.39 is 0 Å². The largest absolute Gasteiger partial charge is 0.398 e. The van der Waals surface area contributed by atoms with Crippen molar-refractivity contribution >= 4 is 141 Å². The maximum atomic E-state index is 6.76. The quantitative estimate of drug-likeness (QED) is 0.0636. The summed E-state index contributed by atoms with van der Waals surface area (Å²) in [5.41, 5.74) is 49.1. The van der Waals surface area contributed by atoms with Gasteiger partial charge in [0.25, 0.3) is 0 Å². The summed E-state index contributed by atoms with van der Waals surface area (Å²) < 4.78 is 0. The van der Waals surface area contributed by atoms with Crippen LogP contribution in [0, 0.1) is 0 Å². The van der Waals surface area contributed by atoms with E-state index in [0.717, 1.165) is 91.5 Å². The van der Waals surface area contributed by atoms with Gasteiger partial charge >= 0.3 is 0 Å². The SMILES string of the molecule is Nc1cc2c(cc1N)c1cc3c4cc5c6cc(N)c(N)cc6c6cc(N)c(P)c(c4ccc3c3c(N)c(N)cc2c13)c65. The second-order valence-corrected chi connectivity index (χ2v) is 12.1. The van der Waals surface area contributed by atoms with Gasteiger partial charge in [0.1, 0.15) is 0 Å². The van der Waals surface area contributed by atoms with Crippen molar-refractivity contribution in [2.75, 3.05) is 40.1 Å². The molecule has 0 bridgehead atoms. The van der Waals surface area contributed by atoms with Gasteiger partial charge in [-0.3, -0.25) is 0 Å². The van der Waals surface area contributed by atoms with Crippen molar-refractivity contribution in [2.24, 2.45) is 0 Å². The average molecular weight is 564 g/mol. The number of hydrogen-bond acceptors (Lipinski definition) is 7. The zero-order valence-corrected chi connectivity index (χ0v) is 23.5. The fourth-order valence-electron chi connectivity index (χ4n) is 7.38. The van der Waals surface area contributed by atoms with E-state index in [0.29, 0.717) is 39.8 Å². The van der Waals surface area contributed by atoms with Gasteiger partial charge in [0.2, 0.25) is 0 Å². The Morgan fingerprint density at radius 2 is 0.643 bits per heavy atom. The summed E-state index contributed by atoms with van der Waals surface area (Å²) in [7, 11) is 2.86. The third kappa shape index (κ3) is 2.56. The highest BCUT2D eigenvalue weighted by Gasteiger charge is 2.23. The van der Waals surface area contributed by atoms with E-state index in [2.05, 4.69) is 33.5 Å². The summed E-state index contributed by atoms with van der Waals surface area (Å²) in [6.45, 7) is 0. The van der Waals surface area contributed by atoms with E-state index in [-0.39, 0.29) is 0 Å². The van der Waals surface area contributed by atoms with Crippen LogP contribution < -0.4 is 45.4 Å². The Morgan fingerprint density at radius 1 is 0.310 bits per heavy atom. The fourth-order valence-corrected chi connectivity index (χ4v) is 7.76. The zero-order chi connectivity index (χ0) is 28.9. The van der Waals surface area contributed by atoms with E-state index in [9.17, 15) is 0 Å². The molecule has 0 amide bonds. The highest BCUT2D eigenvalue weighted by Crippen LogP contribution is 2.50. The number of anilines is 7. The van der Waals surface area contributed by atoms with Gasteiger partial charge in [0, 0.05) is 21.8 Å². The molecular weight excluding hydrogens is 537 g/mol. The molecule has 0 aromatic heterocycles. The summed E-state index contributed by atoms with van der Waals surface area (Å²) >= 11 is 0. The summed E-state index contributed by atoms with van der Waals surface area (Å²) in [6, 6.07) is 20.6. The third-order valence-electron chi connectivity index (χ3n) is 9.35. The Hall–Kier alpha value is -5.39. The van der Waals surface area contributed by atoms with Crippen molar-refractivity contribution in [1.82, 2.24) is 0 Å². The van der Waals surface area contributed by atoms with Crippen molar-refractivity contribution in [3.8, 4) is 0 Å². The Bertz CT molecular complexity index is 2530. The third-order valence-corrected chi connectivity index (χ3v) is 9.97. The predicted octanol–water partition coefficient (Wildman–Crippen LogP) is 6.36. The van der Waals surface area contributed by atoms with Crippen LogP contribution in [0.15, 0.2) is 60.7 Å². The molecule has 9 aromatic carbocycles. The van der Waals surface area contributed by atoms with E-state index in [1.54, 1.807) is 0 Å². The number of benzene rings is 7. The molecule has 0 radical (unpaired) electrons. The lowest BCUT2D eigenvalue weighted by molar-refractivity contribution is 1.74. The van der Waals surface area contributed by atoms with Crippen LogP contribution in [0.4, 0.5) is 39.8 Å². The maximum absolute atomic E-state index is 6.76. The highest BCUT2D eigenvalue weighted by atomic mass is 31.0. The molecule has 0 aliphatic rings. The van der Waals surface area contributed by atoms with Gasteiger partial charge in [0.05, 0.1) is 34.1 Å². The normalized spacial score (nSPS) is 12.6. The highest BCUT2D eigenvalue weighted by molar-refractivity contribution is 7.29. The summed E-state index contributed by atoms with van der Waals surface area (Å²) in [4.78, 5) is 0. The van der Waals surface area contributed by atoms with Crippen molar-refractivity contribution in [2.45, 2.75) is 0 Å². The van der Waals surface area contributed by atoms with Gasteiger partial charge in [-0.05, 0) is 124 Å². The summed E-state index contributed by atoms with van der Waals surface area (Å²) in [5.74, 6) is 0. The predicted molar refractivity (Wildman–Crippen MR) is 189 cm³/mol. The van der Waals surface area contributed by atoms with E-state index in [1.165, 1.54) is 0 Å². The van der Waals surface area contributed by atoms with E-state index in [4.69, 9.17) is 40.1 Å². The molecule has 0 heterocycles. The molecule has 9 rings (SSSR count). The molecule has 14 N–H and O–H groups in total. The second-order valence-electron chi connectivity index (χ2n) is 11.5. The van der Waals surface area contributed by atoms with Gasteiger partial charge in [0.15, 0.2) is 0 Å². The number of rotatable bonds is 0. The van der Waals surface area contributed by atoms with Gasteiger partial charge in [-0.1, -0.05) is 12.1 Å². The van der Waals surface area contributed by atoms with Crippen molar-refractivity contribution in [1.29, 1.82) is 0 Å². The van der Waals surface area contributed by atoms with Gasteiger partial charge in [-0.25, -0.2) is 0 Å². The Morgan fingerprint density at radius 3 is 1.12 bits per heavy atom. The van der Waals surface area contributed by atoms with Crippen LogP contribution >= 0.6 is 9.24 Å². The molecule has 8 heteroatoms. The topological polar surface area (TPSA) is 182 Å². The first-order valence-electron chi connectivity index (χ1n) is 13.6. The van der Waals surface area contributed by atoms with Crippen molar-refractivity contribution in [3.05, 3.63) is 60.7 Å². The fraction of sp³-hybridized carbons (Fsp3) is 0. The number of nitrogens with two attached hydrogens (primary N) is 7. The van der Waals surface area contributed by atoms with Crippen molar-refractivity contribution < 1.29 is 0 Å². The molecule has 202 valence electrons. The molecule has 0 saturated heterocycles. The molecule has 42 heavy (non-hydrogen) atoms. The molecular formula is C34H26N7P. The average Bonchev–Trinajstić information content (AvgIpc) is 3.41. The minimum Gasteiger partial charge on any atom is -0.398 e. The molecule has 7 nitrogen and oxygen atoms in total. The van der Waals surface area contributed by atoms with Crippen LogP contribution in [0.3, 0.4) is 0 Å². The van der Waals surface area contributed by atoms with Crippen LogP contribution in [-0.2, 0) is 0 Å². The summed E-state index contributed by atoms with van der Waals surface area (Å²) in [5, 5.41) is 17.8.